The van der Waals surface area contributed by atoms with E-state index in [9.17, 15) is 4.79 Å². The second-order valence-corrected chi connectivity index (χ2v) is 11.1. The highest BCUT2D eigenvalue weighted by Gasteiger charge is 2.13. The number of halogens is 2. The van der Waals surface area contributed by atoms with Crippen molar-refractivity contribution in [2.75, 3.05) is 6.54 Å². The molecule has 7 heteroatoms. The number of nitrogens with one attached hydrogen (secondary N) is 1. The molecule has 0 fully saturated rings. The zero-order valence-corrected chi connectivity index (χ0v) is 24.0. The second-order valence-electron chi connectivity index (χ2n) is 8.79. The van der Waals surface area contributed by atoms with Crippen molar-refractivity contribution in [2.24, 2.45) is 0 Å². The first-order valence-corrected chi connectivity index (χ1v) is 14.8. The predicted octanol–water partition coefficient (Wildman–Crippen LogP) is 8.46. The van der Waals surface area contributed by atoms with Crippen LogP contribution in [-0.2, 0) is 0 Å². The minimum absolute atomic E-state index is 0.189. The van der Waals surface area contributed by atoms with Crippen LogP contribution in [0.25, 0.3) is 11.0 Å². The molecule has 1 aromatic heterocycles. The molecule has 0 aliphatic rings. The third-order valence-corrected chi connectivity index (χ3v) is 8.80. The Kier molecular flexibility index (Phi) is 14.8. The van der Waals surface area contributed by atoms with Gasteiger partial charge in [-0.15, -0.1) is 5.10 Å². The van der Waals surface area contributed by atoms with Gasteiger partial charge in [0.25, 0.3) is 0 Å². The maximum Gasteiger partial charge on any atom is 0.344 e. The maximum absolute atomic E-state index is 12.4. The lowest BCUT2D eigenvalue weighted by molar-refractivity contribution is 0.239. The summed E-state index contributed by atoms with van der Waals surface area (Å²) < 4.78 is 3.60. The molecule has 180 valence electrons. The van der Waals surface area contributed by atoms with Crippen LogP contribution in [0, 0.1) is 7.14 Å². The zero-order chi connectivity index (χ0) is 23.0. The summed E-state index contributed by atoms with van der Waals surface area (Å²) in [6, 6.07) is 3.74. The van der Waals surface area contributed by atoms with Crippen molar-refractivity contribution in [3.63, 3.8) is 0 Å². The van der Waals surface area contributed by atoms with E-state index in [0.717, 1.165) is 24.6 Å². The molecule has 2 aromatic rings. The molecule has 0 aliphatic carbocycles. The number of carbonyl (C=O) groups excluding carboxylic acids is 1. The van der Waals surface area contributed by atoms with Crippen molar-refractivity contribution >= 4 is 62.2 Å². The fraction of sp³-hybridized carbons (Fsp3) is 0.720. The standard InChI is InChI=1S/C25H40I2N4O/c1-2-3-4-5-6-7-8-9-10-11-12-13-14-15-16-17-18-28-25(32)31-24-20-22(27)21(26)19-23(24)29-30-31/h19-20H,2-18H2,1H3,(H,28,32). The second kappa shape index (κ2) is 17.1. The highest BCUT2D eigenvalue weighted by atomic mass is 127. The van der Waals surface area contributed by atoms with Gasteiger partial charge in [0.2, 0.25) is 0 Å². The molecule has 1 amide bonds. The highest BCUT2D eigenvalue weighted by molar-refractivity contribution is 14.1. The number of rotatable bonds is 17. The summed E-state index contributed by atoms with van der Waals surface area (Å²) in [7, 11) is 0. The van der Waals surface area contributed by atoms with E-state index in [-0.39, 0.29) is 6.03 Å². The highest BCUT2D eigenvalue weighted by Crippen LogP contribution is 2.21. The number of aromatic nitrogens is 3. The Morgan fingerprint density at radius 2 is 1.25 bits per heavy atom. The van der Waals surface area contributed by atoms with Gasteiger partial charge < -0.3 is 5.32 Å². The van der Waals surface area contributed by atoms with E-state index in [1.54, 1.807) is 0 Å². The molecule has 0 saturated carbocycles. The molecule has 5 nitrogen and oxygen atoms in total. The summed E-state index contributed by atoms with van der Waals surface area (Å²) in [5.74, 6) is 0. The van der Waals surface area contributed by atoms with Crippen molar-refractivity contribution in [1.29, 1.82) is 0 Å². The summed E-state index contributed by atoms with van der Waals surface area (Å²) in [6.07, 6.45) is 21.7. The predicted molar refractivity (Wildman–Crippen MR) is 151 cm³/mol. The van der Waals surface area contributed by atoms with Crippen LogP contribution in [0.15, 0.2) is 12.1 Å². The zero-order valence-electron chi connectivity index (χ0n) is 19.7. The molecule has 1 N–H and O–H groups in total. The number of hydrogen-bond donors (Lipinski definition) is 1. The monoisotopic (exact) mass is 666 g/mol. The van der Waals surface area contributed by atoms with E-state index in [1.165, 1.54) is 101 Å². The minimum atomic E-state index is -0.189. The lowest BCUT2D eigenvalue weighted by Gasteiger charge is -2.06. The first kappa shape index (κ1) is 27.8. The van der Waals surface area contributed by atoms with E-state index in [1.807, 2.05) is 12.1 Å². The number of carbonyl (C=O) groups is 1. The number of unbranched alkanes of at least 4 members (excludes halogenated alkanes) is 15. The Hall–Kier alpha value is -0.450. The average Bonchev–Trinajstić information content (AvgIpc) is 3.18. The van der Waals surface area contributed by atoms with Gasteiger partial charge in [-0.3, -0.25) is 0 Å². The van der Waals surface area contributed by atoms with Gasteiger partial charge in [0.15, 0.2) is 0 Å². The largest absolute Gasteiger partial charge is 0.344 e. The van der Waals surface area contributed by atoms with Gasteiger partial charge in [-0.05, 0) is 63.7 Å². The van der Waals surface area contributed by atoms with Crippen molar-refractivity contribution in [1.82, 2.24) is 20.3 Å². The Balaban J connectivity index is 1.41. The molecule has 0 atom stereocenters. The van der Waals surface area contributed by atoms with Gasteiger partial charge in [0.05, 0.1) is 0 Å². The van der Waals surface area contributed by atoms with E-state index in [2.05, 4.69) is 67.7 Å². The van der Waals surface area contributed by atoms with Gasteiger partial charge in [-0.1, -0.05) is 108 Å². The van der Waals surface area contributed by atoms with Crippen LogP contribution in [-0.4, -0.2) is 27.6 Å². The number of amides is 1. The molecule has 2 rings (SSSR count). The molecule has 0 unspecified atom stereocenters. The van der Waals surface area contributed by atoms with Gasteiger partial charge in [-0.25, -0.2) is 4.79 Å². The maximum atomic E-state index is 12.4. The molecule has 1 heterocycles. The molecule has 0 spiro atoms. The molecule has 0 radical (unpaired) electrons. The molecule has 0 aliphatic heterocycles. The molecule has 0 bridgehead atoms. The normalized spacial score (nSPS) is 11.3. The average molecular weight is 666 g/mol. The SMILES string of the molecule is CCCCCCCCCCCCCCCCCCNC(=O)n1nnc2cc(I)c(I)cc21. The van der Waals surface area contributed by atoms with Crippen LogP contribution < -0.4 is 5.32 Å². The first-order valence-electron chi connectivity index (χ1n) is 12.6. The van der Waals surface area contributed by atoms with Gasteiger partial charge in [0, 0.05) is 13.7 Å². The fourth-order valence-corrected chi connectivity index (χ4v) is 4.91. The fourth-order valence-electron chi connectivity index (χ4n) is 4.01. The summed E-state index contributed by atoms with van der Waals surface area (Å²) in [4.78, 5) is 12.4. The van der Waals surface area contributed by atoms with Gasteiger partial charge in [-0.2, -0.15) is 4.68 Å². The first-order chi connectivity index (χ1) is 15.6. The molecule has 1 aromatic carbocycles. The Bertz CT molecular complexity index is 794. The van der Waals surface area contributed by atoms with Crippen molar-refractivity contribution < 1.29 is 4.79 Å². The summed E-state index contributed by atoms with van der Waals surface area (Å²) >= 11 is 4.54. The minimum Gasteiger partial charge on any atom is -0.336 e. The Morgan fingerprint density at radius 3 is 1.78 bits per heavy atom. The Labute approximate surface area is 221 Å². The van der Waals surface area contributed by atoms with Crippen molar-refractivity contribution in [2.45, 2.75) is 110 Å². The topological polar surface area (TPSA) is 59.8 Å². The van der Waals surface area contributed by atoms with Crippen LogP contribution in [0.4, 0.5) is 4.79 Å². The number of fused-ring (bicyclic) bond motifs is 1. The third kappa shape index (κ3) is 10.7. The smallest absolute Gasteiger partial charge is 0.336 e. The number of nitrogens with zero attached hydrogens (tertiary/aromatic N) is 3. The lowest BCUT2D eigenvalue weighted by atomic mass is 10.0. The third-order valence-electron chi connectivity index (χ3n) is 5.99. The van der Waals surface area contributed by atoms with Gasteiger partial charge in [0.1, 0.15) is 11.0 Å². The summed E-state index contributed by atoms with van der Waals surface area (Å²) in [6.45, 7) is 2.98. The quantitative estimate of drug-likeness (QED) is 0.136. The number of benzene rings is 1. The van der Waals surface area contributed by atoms with Crippen LogP contribution in [0.3, 0.4) is 0 Å². The van der Waals surface area contributed by atoms with E-state index < -0.39 is 0 Å². The molecular weight excluding hydrogens is 626 g/mol. The molecular formula is C25H40I2N4O. The molecule has 0 saturated heterocycles. The van der Waals surface area contributed by atoms with Crippen LogP contribution in [0.5, 0.6) is 0 Å². The van der Waals surface area contributed by atoms with Crippen LogP contribution in [0.1, 0.15) is 110 Å². The molecule has 32 heavy (non-hydrogen) atoms. The summed E-state index contributed by atoms with van der Waals surface area (Å²) in [5, 5.41) is 11.1. The van der Waals surface area contributed by atoms with E-state index >= 15 is 0 Å². The lowest BCUT2D eigenvalue weighted by Crippen LogP contribution is -2.30. The van der Waals surface area contributed by atoms with Crippen molar-refractivity contribution in [3.05, 3.63) is 19.3 Å². The number of hydrogen-bond acceptors (Lipinski definition) is 3. The van der Waals surface area contributed by atoms with E-state index in [4.69, 9.17) is 0 Å². The van der Waals surface area contributed by atoms with E-state index in [0.29, 0.717) is 6.54 Å². The van der Waals surface area contributed by atoms with Gasteiger partial charge >= 0.3 is 6.03 Å². The van der Waals surface area contributed by atoms with Crippen LogP contribution >= 0.6 is 45.2 Å². The van der Waals surface area contributed by atoms with Crippen molar-refractivity contribution in [3.8, 4) is 0 Å². The van der Waals surface area contributed by atoms with Crippen LogP contribution in [0.2, 0.25) is 0 Å². The Morgan fingerprint density at radius 1 is 0.781 bits per heavy atom. The summed E-state index contributed by atoms with van der Waals surface area (Å²) in [5.41, 5.74) is 1.52.